The number of hydrogen-bond donors (Lipinski definition) is 2. The Labute approximate surface area is 268 Å². The summed E-state index contributed by atoms with van der Waals surface area (Å²) in [4.78, 5) is 96.0. The van der Waals surface area contributed by atoms with E-state index in [1.165, 1.54) is 12.4 Å². The van der Waals surface area contributed by atoms with Crippen LogP contribution in [-0.2, 0) is 42.0 Å². The standard InChI is InChI=1S/C11H13N3O3.C10H11N3O3.C9H9N3O2/c1-7-5-8(6-15)13-11(12-7)14-9(16)3-2-4-10(14)17;1-6-4-7(5-14)12-10(11-6)13-8(15)2-3-9(13)16;13-7-3-1-4-8(14)12(7)9-10-5-2-6-11-9/h5,15H,2-4,6H2,1H3;4,14H,2-3,5H2,1H3;2,5-6H,1,3-4H2. The van der Waals surface area contributed by atoms with Gasteiger partial charge in [0.15, 0.2) is 0 Å². The lowest BCUT2D eigenvalue weighted by molar-refractivity contribution is -0.130. The van der Waals surface area contributed by atoms with Gasteiger partial charge in [-0.05, 0) is 44.9 Å². The number of anilines is 3. The number of aromatic nitrogens is 6. The van der Waals surface area contributed by atoms with E-state index in [-0.39, 0.29) is 79.3 Å². The Kier molecular flexibility index (Phi) is 11.5. The molecule has 3 aromatic heterocycles. The molecule has 0 spiro atoms. The van der Waals surface area contributed by atoms with E-state index in [2.05, 4.69) is 29.9 Å². The van der Waals surface area contributed by atoms with Crippen LogP contribution in [-0.4, -0.2) is 75.6 Å². The van der Waals surface area contributed by atoms with Gasteiger partial charge >= 0.3 is 0 Å². The molecular formula is C30H33N9O8. The van der Waals surface area contributed by atoms with E-state index >= 15 is 0 Å². The van der Waals surface area contributed by atoms with Gasteiger partial charge in [-0.25, -0.2) is 44.6 Å². The highest BCUT2D eigenvalue weighted by Gasteiger charge is 2.33. The summed E-state index contributed by atoms with van der Waals surface area (Å²) in [6, 6.07) is 4.86. The molecule has 3 aliphatic heterocycles. The van der Waals surface area contributed by atoms with Crippen molar-refractivity contribution in [3.8, 4) is 0 Å². The predicted octanol–water partition coefficient (Wildman–Crippen LogP) is 0.772. The first-order valence-electron chi connectivity index (χ1n) is 14.8. The molecular weight excluding hydrogens is 614 g/mol. The van der Waals surface area contributed by atoms with Crippen LogP contribution < -0.4 is 14.7 Å². The average molecular weight is 648 g/mol. The molecule has 0 aliphatic carbocycles. The van der Waals surface area contributed by atoms with Crippen molar-refractivity contribution in [2.75, 3.05) is 14.7 Å². The highest BCUT2D eigenvalue weighted by Crippen LogP contribution is 2.21. The molecule has 0 bridgehead atoms. The number of imide groups is 3. The molecule has 0 aromatic carbocycles. The van der Waals surface area contributed by atoms with Crippen LogP contribution >= 0.6 is 0 Å². The number of amides is 6. The summed E-state index contributed by atoms with van der Waals surface area (Å²) in [5.41, 5.74) is 2.03. The quantitative estimate of drug-likeness (QED) is 0.365. The van der Waals surface area contributed by atoms with Crippen molar-refractivity contribution in [2.45, 2.75) is 78.4 Å². The third kappa shape index (κ3) is 8.65. The van der Waals surface area contributed by atoms with Gasteiger partial charge in [0.2, 0.25) is 53.3 Å². The van der Waals surface area contributed by atoms with Crippen LogP contribution in [0, 0.1) is 13.8 Å². The van der Waals surface area contributed by atoms with Crippen molar-refractivity contribution in [1.82, 2.24) is 29.9 Å². The van der Waals surface area contributed by atoms with E-state index < -0.39 is 0 Å². The number of aliphatic hydroxyl groups excluding tert-OH is 2. The maximum atomic E-state index is 11.7. The van der Waals surface area contributed by atoms with Crippen molar-refractivity contribution in [1.29, 1.82) is 0 Å². The maximum Gasteiger partial charge on any atom is 0.239 e. The molecule has 47 heavy (non-hydrogen) atoms. The smallest absolute Gasteiger partial charge is 0.239 e. The summed E-state index contributed by atoms with van der Waals surface area (Å²) in [7, 11) is 0. The lowest BCUT2D eigenvalue weighted by Crippen LogP contribution is -2.41. The summed E-state index contributed by atoms with van der Waals surface area (Å²) in [5.74, 6) is -1.26. The number of hydrogen-bond acceptors (Lipinski definition) is 14. The zero-order valence-electron chi connectivity index (χ0n) is 25.8. The Balaban J connectivity index is 0.000000160. The number of rotatable bonds is 5. The van der Waals surface area contributed by atoms with E-state index in [0.29, 0.717) is 61.3 Å². The summed E-state index contributed by atoms with van der Waals surface area (Å²) >= 11 is 0. The zero-order valence-corrected chi connectivity index (χ0v) is 25.8. The van der Waals surface area contributed by atoms with Crippen LogP contribution in [0.5, 0.6) is 0 Å². The lowest BCUT2D eigenvalue weighted by atomic mass is 10.1. The Morgan fingerprint density at radius 2 is 0.872 bits per heavy atom. The highest BCUT2D eigenvalue weighted by molar-refractivity contribution is 6.19. The van der Waals surface area contributed by atoms with Gasteiger partial charge in [-0.3, -0.25) is 28.8 Å². The summed E-state index contributed by atoms with van der Waals surface area (Å²) < 4.78 is 0. The predicted molar refractivity (Wildman–Crippen MR) is 162 cm³/mol. The van der Waals surface area contributed by atoms with Gasteiger partial charge < -0.3 is 10.2 Å². The minimum atomic E-state index is -0.292. The SMILES string of the molecule is Cc1cc(CO)nc(N2C(=O)CCC2=O)n1.Cc1cc(CO)nc(N2C(=O)CCCC2=O)n1.O=C1CCCC(=O)N1c1ncccn1. The molecule has 0 saturated carbocycles. The number of carbonyl (C=O) groups is 6. The molecule has 3 fully saturated rings. The topological polar surface area (TPSA) is 230 Å². The molecule has 0 atom stereocenters. The van der Waals surface area contributed by atoms with Gasteiger partial charge in [-0.2, -0.15) is 0 Å². The van der Waals surface area contributed by atoms with Gasteiger partial charge in [-0.1, -0.05) is 0 Å². The van der Waals surface area contributed by atoms with Crippen molar-refractivity contribution in [3.05, 3.63) is 53.4 Å². The molecule has 2 N–H and O–H groups in total. The van der Waals surface area contributed by atoms with Crippen LogP contribution in [0.3, 0.4) is 0 Å². The Hall–Kier alpha value is -5.42. The molecule has 246 valence electrons. The minimum absolute atomic E-state index is 0.0663. The number of nitrogens with zero attached hydrogens (tertiary/aromatic N) is 9. The fourth-order valence-corrected chi connectivity index (χ4v) is 4.76. The van der Waals surface area contributed by atoms with E-state index in [9.17, 15) is 28.8 Å². The molecule has 17 nitrogen and oxygen atoms in total. The third-order valence-electron chi connectivity index (χ3n) is 6.88. The summed E-state index contributed by atoms with van der Waals surface area (Å²) in [6.07, 6.45) is 6.07. The summed E-state index contributed by atoms with van der Waals surface area (Å²) in [6.45, 7) is 2.96. The molecule has 6 amide bonds. The van der Waals surface area contributed by atoms with Crippen molar-refractivity contribution < 1.29 is 39.0 Å². The second kappa shape index (κ2) is 15.7. The number of carbonyl (C=O) groups excluding carboxylic acids is 6. The molecule has 0 unspecified atom stereocenters. The number of aliphatic hydroxyl groups is 2. The van der Waals surface area contributed by atoms with Crippen LogP contribution in [0.25, 0.3) is 0 Å². The average Bonchev–Trinajstić information content (AvgIpc) is 3.38. The Morgan fingerprint density at radius 3 is 1.23 bits per heavy atom. The van der Waals surface area contributed by atoms with Gasteiger partial charge in [0, 0.05) is 62.3 Å². The summed E-state index contributed by atoms with van der Waals surface area (Å²) in [5, 5.41) is 18.0. The molecule has 3 saturated heterocycles. The lowest BCUT2D eigenvalue weighted by Gasteiger charge is -2.23. The molecule has 3 aliphatic rings. The fourth-order valence-electron chi connectivity index (χ4n) is 4.76. The largest absolute Gasteiger partial charge is 0.390 e. The second-order valence-electron chi connectivity index (χ2n) is 10.5. The second-order valence-corrected chi connectivity index (χ2v) is 10.5. The van der Waals surface area contributed by atoms with Gasteiger partial charge in [0.1, 0.15) is 0 Å². The first kappa shape index (κ1) is 34.5. The van der Waals surface area contributed by atoms with E-state index in [4.69, 9.17) is 10.2 Å². The van der Waals surface area contributed by atoms with Crippen molar-refractivity contribution in [2.24, 2.45) is 0 Å². The molecule has 3 aromatic rings. The van der Waals surface area contributed by atoms with Gasteiger partial charge in [-0.15, -0.1) is 0 Å². The Morgan fingerprint density at radius 1 is 0.532 bits per heavy atom. The third-order valence-corrected chi connectivity index (χ3v) is 6.88. The molecule has 17 heteroatoms. The normalized spacial score (nSPS) is 16.6. The van der Waals surface area contributed by atoms with Gasteiger partial charge in [0.25, 0.3) is 0 Å². The van der Waals surface area contributed by atoms with Crippen LogP contribution in [0.2, 0.25) is 0 Å². The first-order valence-corrected chi connectivity index (χ1v) is 14.8. The van der Waals surface area contributed by atoms with Crippen molar-refractivity contribution >= 4 is 53.3 Å². The van der Waals surface area contributed by atoms with E-state index in [1.54, 1.807) is 32.0 Å². The van der Waals surface area contributed by atoms with Crippen LogP contribution in [0.15, 0.2) is 30.6 Å². The fraction of sp³-hybridized carbons (Fsp3) is 0.400. The molecule has 6 rings (SSSR count). The molecule has 0 radical (unpaired) electrons. The van der Waals surface area contributed by atoms with E-state index in [0.717, 1.165) is 14.7 Å². The number of aryl methyl sites for hydroxylation is 2. The van der Waals surface area contributed by atoms with Gasteiger partial charge in [0.05, 0.1) is 24.6 Å². The van der Waals surface area contributed by atoms with Crippen molar-refractivity contribution in [3.63, 3.8) is 0 Å². The first-order chi connectivity index (χ1) is 22.5. The number of piperidine rings is 2. The monoisotopic (exact) mass is 647 g/mol. The highest BCUT2D eigenvalue weighted by atomic mass is 16.3. The minimum Gasteiger partial charge on any atom is -0.390 e. The van der Waals surface area contributed by atoms with Crippen LogP contribution in [0.1, 0.15) is 74.1 Å². The molecule has 6 heterocycles. The maximum absolute atomic E-state index is 11.7. The van der Waals surface area contributed by atoms with Crippen LogP contribution in [0.4, 0.5) is 17.8 Å². The Bertz CT molecular complexity index is 1640. The zero-order chi connectivity index (χ0) is 34.1. The van der Waals surface area contributed by atoms with E-state index in [1.807, 2.05) is 0 Å².